The molecule has 0 saturated heterocycles. The van der Waals surface area contributed by atoms with Gasteiger partial charge < -0.3 is 0 Å². The van der Waals surface area contributed by atoms with Gasteiger partial charge >= 0.3 is 0 Å². The second kappa shape index (κ2) is 7.08. The third kappa shape index (κ3) is 4.68. The van der Waals surface area contributed by atoms with E-state index < -0.39 is 10.2 Å². The van der Waals surface area contributed by atoms with Gasteiger partial charge in [0.1, 0.15) is 0 Å². The first-order valence-electron chi connectivity index (χ1n) is 6.68. The molecule has 0 spiro atoms. The van der Waals surface area contributed by atoms with Crippen LogP contribution in [0.25, 0.3) is 0 Å². The van der Waals surface area contributed by atoms with Gasteiger partial charge in [0.15, 0.2) is 0 Å². The summed E-state index contributed by atoms with van der Waals surface area (Å²) in [5.41, 5.74) is 0. The molecule has 1 saturated carbocycles. The summed E-state index contributed by atoms with van der Waals surface area (Å²) in [4.78, 5) is 0. The highest BCUT2D eigenvalue weighted by molar-refractivity contribution is 7.86. The molecule has 0 aromatic rings. The fourth-order valence-corrected chi connectivity index (χ4v) is 3.57. The topological polar surface area (TPSA) is 40.6 Å². The monoisotopic (exact) mass is 296 g/mol. The average Bonchev–Trinajstić information content (AvgIpc) is 3.09. The maximum atomic E-state index is 12.4. The molecule has 0 N–H and O–H groups in total. The average molecular weight is 297 g/mol. The number of nitrogens with zero attached hydrogens (tertiary/aromatic N) is 2. The second-order valence-electron chi connectivity index (χ2n) is 5.40. The summed E-state index contributed by atoms with van der Waals surface area (Å²) < 4.78 is 28.0. The summed E-state index contributed by atoms with van der Waals surface area (Å²) >= 11 is 5.62. The van der Waals surface area contributed by atoms with E-state index in [2.05, 4.69) is 13.8 Å². The molecule has 1 fully saturated rings. The van der Waals surface area contributed by atoms with Gasteiger partial charge in [-0.15, -0.1) is 11.6 Å². The summed E-state index contributed by atoms with van der Waals surface area (Å²) in [6, 6.07) is 0.229. The van der Waals surface area contributed by atoms with E-state index in [-0.39, 0.29) is 6.04 Å². The van der Waals surface area contributed by atoms with E-state index >= 15 is 0 Å². The molecule has 1 aliphatic rings. The van der Waals surface area contributed by atoms with Crippen molar-refractivity contribution in [1.82, 2.24) is 8.61 Å². The maximum absolute atomic E-state index is 12.4. The van der Waals surface area contributed by atoms with Crippen molar-refractivity contribution < 1.29 is 8.42 Å². The molecule has 0 aliphatic heterocycles. The van der Waals surface area contributed by atoms with E-state index in [1.807, 2.05) is 0 Å². The smallest absolute Gasteiger partial charge is 0.195 e. The van der Waals surface area contributed by atoms with E-state index in [0.717, 1.165) is 19.3 Å². The molecule has 0 radical (unpaired) electrons. The van der Waals surface area contributed by atoms with Crippen LogP contribution in [0.4, 0.5) is 0 Å². The van der Waals surface area contributed by atoms with E-state index in [1.54, 1.807) is 11.4 Å². The van der Waals surface area contributed by atoms with Gasteiger partial charge in [0.25, 0.3) is 10.2 Å². The van der Waals surface area contributed by atoms with Crippen LogP contribution in [0.5, 0.6) is 0 Å². The molecule has 108 valence electrons. The molecule has 0 aromatic heterocycles. The molecule has 0 bridgehead atoms. The fraction of sp³-hybridized carbons (Fsp3) is 1.00. The summed E-state index contributed by atoms with van der Waals surface area (Å²) in [5, 5.41) is 0. The van der Waals surface area contributed by atoms with Crippen molar-refractivity contribution in [3.8, 4) is 0 Å². The minimum Gasteiger partial charge on any atom is -0.195 e. The second-order valence-corrected chi connectivity index (χ2v) is 7.76. The van der Waals surface area contributed by atoms with Crippen LogP contribution in [0, 0.1) is 5.92 Å². The Bertz CT molecular complexity index is 342. The van der Waals surface area contributed by atoms with Crippen LogP contribution in [0.15, 0.2) is 0 Å². The predicted octanol–water partition coefficient (Wildman–Crippen LogP) is 2.30. The number of alkyl halides is 1. The van der Waals surface area contributed by atoms with Crippen LogP contribution >= 0.6 is 11.6 Å². The van der Waals surface area contributed by atoms with Crippen molar-refractivity contribution >= 4 is 21.8 Å². The van der Waals surface area contributed by atoms with Crippen LogP contribution in [0.1, 0.15) is 39.5 Å². The molecule has 0 heterocycles. The fourth-order valence-electron chi connectivity index (χ4n) is 1.81. The number of halogens is 1. The van der Waals surface area contributed by atoms with E-state index in [4.69, 9.17) is 11.6 Å². The molecular weight excluding hydrogens is 272 g/mol. The Balaban J connectivity index is 2.64. The molecule has 6 heteroatoms. The van der Waals surface area contributed by atoms with Crippen LogP contribution in [0.3, 0.4) is 0 Å². The third-order valence-corrected chi connectivity index (χ3v) is 5.49. The molecule has 1 aliphatic carbocycles. The number of rotatable bonds is 9. The highest BCUT2D eigenvalue weighted by Crippen LogP contribution is 2.30. The maximum Gasteiger partial charge on any atom is 0.281 e. The highest BCUT2D eigenvalue weighted by atomic mass is 35.5. The lowest BCUT2D eigenvalue weighted by atomic mass is 10.1. The summed E-state index contributed by atoms with van der Waals surface area (Å²) in [7, 11) is -1.65. The third-order valence-electron chi connectivity index (χ3n) is 3.18. The van der Waals surface area contributed by atoms with Crippen molar-refractivity contribution in [1.29, 1.82) is 0 Å². The van der Waals surface area contributed by atoms with E-state index in [0.29, 0.717) is 31.3 Å². The highest BCUT2D eigenvalue weighted by Gasteiger charge is 2.38. The lowest BCUT2D eigenvalue weighted by molar-refractivity contribution is 0.335. The zero-order chi connectivity index (χ0) is 13.8. The standard InChI is InChI=1S/C12H25ClN2O2S/c1-11(2)7-10-15(12-5-6-12)18(16,17)14(3)9-4-8-13/h11-12H,4-10H2,1-3H3. The molecule has 0 amide bonds. The Morgan fingerprint density at radius 2 is 1.89 bits per heavy atom. The SMILES string of the molecule is CC(C)CCN(C1CC1)S(=O)(=O)N(C)CCCCl. The lowest BCUT2D eigenvalue weighted by Crippen LogP contribution is -2.44. The first-order valence-corrected chi connectivity index (χ1v) is 8.61. The molecule has 0 aromatic carbocycles. The van der Waals surface area contributed by atoms with Gasteiger partial charge in [0, 0.05) is 32.1 Å². The van der Waals surface area contributed by atoms with Crippen LogP contribution in [-0.4, -0.2) is 49.1 Å². The molecule has 18 heavy (non-hydrogen) atoms. The largest absolute Gasteiger partial charge is 0.281 e. The quantitative estimate of drug-likeness (QED) is 0.613. The van der Waals surface area contributed by atoms with Crippen LogP contribution in [0.2, 0.25) is 0 Å². The van der Waals surface area contributed by atoms with Crippen LogP contribution in [-0.2, 0) is 10.2 Å². The molecule has 0 unspecified atom stereocenters. The lowest BCUT2D eigenvalue weighted by Gasteiger charge is -2.28. The van der Waals surface area contributed by atoms with Gasteiger partial charge in [-0.05, 0) is 31.6 Å². The minimum atomic E-state index is -3.30. The minimum absolute atomic E-state index is 0.229. The normalized spacial score (nSPS) is 17.1. The molecule has 4 nitrogen and oxygen atoms in total. The predicted molar refractivity (Wildman–Crippen MR) is 76.1 cm³/mol. The first kappa shape index (κ1) is 16.2. The van der Waals surface area contributed by atoms with Gasteiger partial charge in [0.05, 0.1) is 0 Å². The Labute approximate surface area is 116 Å². The molecule has 0 atom stereocenters. The zero-order valence-corrected chi connectivity index (χ0v) is 13.2. The zero-order valence-electron chi connectivity index (χ0n) is 11.6. The van der Waals surface area contributed by atoms with Gasteiger partial charge in [-0.25, -0.2) is 0 Å². The molecule has 1 rings (SSSR count). The van der Waals surface area contributed by atoms with E-state index in [9.17, 15) is 8.42 Å². The van der Waals surface area contributed by atoms with Gasteiger partial charge in [-0.3, -0.25) is 0 Å². The molecular formula is C12H25ClN2O2S. The van der Waals surface area contributed by atoms with Gasteiger partial charge in [-0.1, -0.05) is 13.8 Å². The van der Waals surface area contributed by atoms with Crippen molar-refractivity contribution in [2.75, 3.05) is 26.0 Å². The first-order chi connectivity index (χ1) is 8.39. The summed E-state index contributed by atoms with van der Waals surface area (Å²) in [6.45, 7) is 5.37. The van der Waals surface area contributed by atoms with Crippen molar-refractivity contribution in [2.45, 2.75) is 45.6 Å². The van der Waals surface area contributed by atoms with Crippen molar-refractivity contribution in [2.24, 2.45) is 5.92 Å². The summed E-state index contributed by atoms with van der Waals surface area (Å²) in [5.74, 6) is 1.02. The van der Waals surface area contributed by atoms with Gasteiger partial charge in [-0.2, -0.15) is 17.0 Å². The Morgan fingerprint density at radius 1 is 1.28 bits per heavy atom. The Morgan fingerprint density at radius 3 is 2.33 bits per heavy atom. The number of hydrogen-bond acceptors (Lipinski definition) is 2. The summed E-state index contributed by atoms with van der Waals surface area (Å²) in [6.07, 6.45) is 3.61. The van der Waals surface area contributed by atoms with Gasteiger partial charge in [0.2, 0.25) is 0 Å². The van der Waals surface area contributed by atoms with Crippen molar-refractivity contribution in [3.63, 3.8) is 0 Å². The van der Waals surface area contributed by atoms with Crippen molar-refractivity contribution in [3.05, 3.63) is 0 Å². The van der Waals surface area contributed by atoms with E-state index in [1.165, 1.54) is 4.31 Å². The Kier molecular flexibility index (Phi) is 6.38. The Hall–Kier alpha value is 0.160. The number of hydrogen-bond donors (Lipinski definition) is 0. The van der Waals surface area contributed by atoms with Crippen LogP contribution < -0.4 is 0 Å².